The van der Waals surface area contributed by atoms with Gasteiger partial charge in [-0.2, -0.15) is 0 Å². The maximum atomic E-state index is 12.4. The molecule has 3 heteroatoms. The predicted molar refractivity (Wildman–Crippen MR) is 71.9 cm³/mol. The lowest BCUT2D eigenvalue weighted by atomic mass is 9.79. The fourth-order valence-electron chi connectivity index (χ4n) is 2.61. The molecule has 0 radical (unpaired) electrons. The number of halogens is 2. The van der Waals surface area contributed by atoms with Gasteiger partial charge in [-0.1, -0.05) is 49.0 Å². The minimum atomic E-state index is 0.0937. The second kappa shape index (κ2) is 5.41. The third kappa shape index (κ3) is 2.83. The predicted octanol–water partition coefficient (Wildman–Crippen LogP) is 5.00. The van der Waals surface area contributed by atoms with Crippen molar-refractivity contribution in [2.45, 2.75) is 32.6 Å². The van der Waals surface area contributed by atoms with E-state index in [1.165, 1.54) is 6.42 Å². The van der Waals surface area contributed by atoms with Gasteiger partial charge in [0, 0.05) is 5.92 Å². The third-order valence-electron chi connectivity index (χ3n) is 3.52. The zero-order chi connectivity index (χ0) is 12.4. The lowest BCUT2D eigenvalue weighted by molar-refractivity contribution is 0.0868. The molecule has 1 saturated carbocycles. The molecule has 2 atom stereocenters. The van der Waals surface area contributed by atoms with Crippen molar-refractivity contribution < 1.29 is 4.79 Å². The summed E-state index contributed by atoms with van der Waals surface area (Å²) >= 11 is 12.1. The number of Topliss-reactive ketones (excluding diaryl/α,β-unsaturated/α-hetero) is 1. The van der Waals surface area contributed by atoms with Gasteiger partial charge in [-0.3, -0.25) is 4.79 Å². The molecule has 2 unspecified atom stereocenters. The number of hydrogen-bond acceptors (Lipinski definition) is 1. The molecule has 0 N–H and O–H groups in total. The van der Waals surface area contributed by atoms with Crippen LogP contribution in [0.4, 0.5) is 0 Å². The van der Waals surface area contributed by atoms with Gasteiger partial charge < -0.3 is 0 Å². The maximum absolute atomic E-state index is 12.4. The first-order valence-electron chi connectivity index (χ1n) is 6.08. The second-order valence-electron chi connectivity index (χ2n) is 4.93. The standard InChI is InChI=1S/C14H16Cl2O/c1-9-4-2-5-10(8-9)14(17)13-11(15)6-3-7-12(13)16/h3,6-7,9-10H,2,4-5,8H2,1H3. The van der Waals surface area contributed by atoms with Crippen LogP contribution in [-0.2, 0) is 0 Å². The summed E-state index contributed by atoms with van der Waals surface area (Å²) in [6.07, 6.45) is 4.27. The van der Waals surface area contributed by atoms with Crippen molar-refractivity contribution in [3.05, 3.63) is 33.8 Å². The molecule has 0 aliphatic heterocycles. The monoisotopic (exact) mass is 270 g/mol. The zero-order valence-electron chi connectivity index (χ0n) is 9.88. The molecule has 1 nitrogen and oxygen atoms in total. The summed E-state index contributed by atoms with van der Waals surface area (Å²) in [5.74, 6) is 0.835. The van der Waals surface area contributed by atoms with E-state index in [9.17, 15) is 4.79 Å². The number of carbonyl (C=O) groups excluding carboxylic acids is 1. The van der Waals surface area contributed by atoms with Crippen molar-refractivity contribution in [1.82, 2.24) is 0 Å². The van der Waals surface area contributed by atoms with Crippen molar-refractivity contribution in [1.29, 1.82) is 0 Å². The van der Waals surface area contributed by atoms with E-state index < -0.39 is 0 Å². The van der Waals surface area contributed by atoms with Crippen LogP contribution in [0.5, 0.6) is 0 Å². The number of hydrogen-bond donors (Lipinski definition) is 0. The van der Waals surface area contributed by atoms with E-state index >= 15 is 0 Å². The molecular formula is C14H16Cl2O. The Morgan fingerprint density at radius 3 is 2.47 bits per heavy atom. The van der Waals surface area contributed by atoms with Crippen LogP contribution in [0.15, 0.2) is 18.2 Å². The summed E-state index contributed by atoms with van der Waals surface area (Å²) in [5.41, 5.74) is 0.509. The van der Waals surface area contributed by atoms with Gasteiger partial charge in [0.25, 0.3) is 0 Å². The van der Waals surface area contributed by atoms with Crippen LogP contribution >= 0.6 is 23.2 Å². The van der Waals surface area contributed by atoms with Crippen LogP contribution in [0.3, 0.4) is 0 Å². The van der Waals surface area contributed by atoms with Gasteiger partial charge in [0.2, 0.25) is 0 Å². The molecule has 1 aromatic rings. The van der Waals surface area contributed by atoms with Crippen molar-refractivity contribution in [3.8, 4) is 0 Å². The molecule has 1 aliphatic rings. The van der Waals surface area contributed by atoms with Crippen molar-refractivity contribution >= 4 is 29.0 Å². The molecule has 0 amide bonds. The lowest BCUT2D eigenvalue weighted by Gasteiger charge is -2.26. The van der Waals surface area contributed by atoms with Gasteiger partial charge >= 0.3 is 0 Å². The summed E-state index contributed by atoms with van der Waals surface area (Å²) in [7, 11) is 0. The van der Waals surface area contributed by atoms with Crippen LogP contribution in [0.1, 0.15) is 43.0 Å². The smallest absolute Gasteiger partial charge is 0.168 e. The Bertz CT molecular complexity index is 408. The highest BCUT2D eigenvalue weighted by Gasteiger charge is 2.28. The summed E-state index contributed by atoms with van der Waals surface area (Å²) in [6, 6.07) is 5.23. The molecule has 1 aliphatic carbocycles. The molecular weight excluding hydrogens is 255 g/mol. The van der Waals surface area contributed by atoms with Gasteiger partial charge in [-0.25, -0.2) is 0 Å². The fraction of sp³-hybridized carbons (Fsp3) is 0.500. The zero-order valence-corrected chi connectivity index (χ0v) is 11.4. The SMILES string of the molecule is CC1CCCC(C(=O)c2c(Cl)cccc2Cl)C1. The Labute approximate surface area is 112 Å². The molecule has 1 fully saturated rings. The van der Waals surface area contributed by atoms with Crippen LogP contribution < -0.4 is 0 Å². The second-order valence-corrected chi connectivity index (χ2v) is 5.74. The first kappa shape index (κ1) is 12.9. The molecule has 92 valence electrons. The minimum absolute atomic E-state index is 0.0937. The van der Waals surface area contributed by atoms with Gasteiger partial charge in [0.1, 0.15) is 0 Å². The van der Waals surface area contributed by atoms with E-state index in [0.717, 1.165) is 19.3 Å². The van der Waals surface area contributed by atoms with E-state index in [1.54, 1.807) is 18.2 Å². The van der Waals surface area contributed by atoms with Gasteiger partial charge in [0.05, 0.1) is 15.6 Å². The minimum Gasteiger partial charge on any atom is -0.294 e. The lowest BCUT2D eigenvalue weighted by Crippen LogP contribution is -2.22. The molecule has 0 bridgehead atoms. The fourth-order valence-corrected chi connectivity index (χ4v) is 3.19. The van der Waals surface area contributed by atoms with Crippen molar-refractivity contribution in [2.24, 2.45) is 11.8 Å². The Morgan fingerprint density at radius 1 is 1.24 bits per heavy atom. The molecule has 0 heterocycles. The Balaban J connectivity index is 2.24. The van der Waals surface area contributed by atoms with Crippen molar-refractivity contribution in [2.75, 3.05) is 0 Å². The van der Waals surface area contributed by atoms with Crippen LogP contribution in [0, 0.1) is 11.8 Å². The Morgan fingerprint density at radius 2 is 1.88 bits per heavy atom. The summed E-state index contributed by atoms with van der Waals surface area (Å²) in [5, 5.41) is 0.946. The first-order chi connectivity index (χ1) is 8.09. The molecule has 2 rings (SSSR count). The first-order valence-corrected chi connectivity index (χ1v) is 6.83. The number of rotatable bonds is 2. The average Bonchev–Trinajstić information content (AvgIpc) is 2.28. The summed E-state index contributed by atoms with van der Waals surface area (Å²) in [4.78, 5) is 12.4. The summed E-state index contributed by atoms with van der Waals surface area (Å²) in [6.45, 7) is 2.20. The molecule has 17 heavy (non-hydrogen) atoms. The van der Waals surface area contributed by atoms with Gasteiger partial charge in [-0.15, -0.1) is 0 Å². The number of carbonyl (C=O) groups is 1. The third-order valence-corrected chi connectivity index (χ3v) is 4.15. The average molecular weight is 271 g/mol. The largest absolute Gasteiger partial charge is 0.294 e. The van der Waals surface area contributed by atoms with Gasteiger partial charge in [0.15, 0.2) is 5.78 Å². The van der Waals surface area contributed by atoms with E-state index in [0.29, 0.717) is 21.5 Å². The van der Waals surface area contributed by atoms with Gasteiger partial charge in [-0.05, 0) is 30.9 Å². The normalized spacial score (nSPS) is 24.6. The van der Waals surface area contributed by atoms with E-state index in [4.69, 9.17) is 23.2 Å². The van der Waals surface area contributed by atoms with Crippen molar-refractivity contribution in [3.63, 3.8) is 0 Å². The Hall–Kier alpha value is -0.530. The quantitative estimate of drug-likeness (QED) is 0.691. The van der Waals surface area contributed by atoms with Crippen LogP contribution in [0.2, 0.25) is 10.0 Å². The van der Waals surface area contributed by atoms with Crippen LogP contribution in [0.25, 0.3) is 0 Å². The summed E-state index contributed by atoms with van der Waals surface area (Å²) < 4.78 is 0. The van der Waals surface area contributed by atoms with Crippen LogP contribution in [-0.4, -0.2) is 5.78 Å². The topological polar surface area (TPSA) is 17.1 Å². The molecule has 0 saturated heterocycles. The highest BCUT2D eigenvalue weighted by atomic mass is 35.5. The molecule has 1 aromatic carbocycles. The van der Waals surface area contributed by atoms with E-state index in [1.807, 2.05) is 0 Å². The number of ketones is 1. The highest BCUT2D eigenvalue weighted by molar-refractivity contribution is 6.39. The molecule has 0 aromatic heterocycles. The van der Waals surface area contributed by atoms with E-state index in [-0.39, 0.29) is 11.7 Å². The van der Waals surface area contributed by atoms with E-state index in [2.05, 4.69) is 6.92 Å². The Kier molecular flexibility index (Phi) is 4.11. The number of benzene rings is 1. The molecule has 0 spiro atoms. The maximum Gasteiger partial charge on any atom is 0.168 e. The highest BCUT2D eigenvalue weighted by Crippen LogP contribution is 2.34.